The topological polar surface area (TPSA) is 142 Å². The number of nitro benzene ring substituents is 2. The molecule has 1 heterocycles. The normalized spacial score (nSPS) is 14.5. The average molecular weight is 457 g/mol. The number of nitrogens with zero attached hydrogens (tertiary/aromatic N) is 3. The van der Waals surface area contributed by atoms with Gasteiger partial charge >= 0.3 is 5.69 Å². The molecular formula is C20H15N3O8S. The second-order valence-corrected chi connectivity index (χ2v) is 7.25. The minimum atomic E-state index is -0.789. The van der Waals surface area contributed by atoms with E-state index in [1.54, 1.807) is 6.07 Å². The zero-order valence-electron chi connectivity index (χ0n) is 16.5. The zero-order valence-corrected chi connectivity index (χ0v) is 17.4. The molecule has 1 aliphatic heterocycles. The quantitative estimate of drug-likeness (QED) is 0.242. The first-order chi connectivity index (χ1) is 15.2. The van der Waals surface area contributed by atoms with E-state index < -0.39 is 32.4 Å². The van der Waals surface area contributed by atoms with Gasteiger partial charge in [0.1, 0.15) is 0 Å². The van der Waals surface area contributed by atoms with Crippen molar-refractivity contribution in [3.8, 4) is 17.2 Å². The van der Waals surface area contributed by atoms with E-state index in [-0.39, 0.29) is 28.7 Å². The van der Waals surface area contributed by atoms with E-state index in [9.17, 15) is 29.8 Å². The Labute approximate surface area is 185 Å². The van der Waals surface area contributed by atoms with Gasteiger partial charge in [-0.3, -0.25) is 34.7 Å². The number of thioether (sulfide) groups is 1. The molecule has 2 aromatic carbocycles. The fourth-order valence-corrected chi connectivity index (χ4v) is 3.61. The summed E-state index contributed by atoms with van der Waals surface area (Å²) >= 11 is 0.794. The average Bonchev–Trinajstić information content (AvgIpc) is 3.02. The van der Waals surface area contributed by atoms with E-state index in [0.29, 0.717) is 5.56 Å². The van der Waals surface area contributed by atoms with Crippen LogP contribution in [0.5, 0.6) is 17.2 Å². The highest BCUT2D eigenvalue weighted by Gasteiger charge is 2.34. The number of non-ortho nitro benzene ring substituents is 1. The van der Waals surface area contributed by atoms with Crippen molar-refractivity contribution in [2.24, 2.45) is 0 Å². The predicted molar refractivity (Wildman–Crippen MR) is 116 cm³/mol. The fraction of sp³-hybridized carbons (Fsp3) is 0.100. The van der Waals surface area contributed by atoms with Crippen molar-refractivity contribution in [2.75, 3.05) is 13.7 Å². The molecule has 0 spiro atoms. The summed E-state index contributed by atoms with van der Waals surface area (Å²) in [5, 5.41) is 21.8. The van der Waals surface area contributed by atoms with Crippen LogP contribution in [-0.4, -0.2) is 39.5 Å². The van der Waals surface area contributed by atoms with Crippen molar-refractivity contribution in [2.45, 2.75) is 0 Å². The maximum atomic E-state index is 12.4. The van der Waals surface area contributed by atoms with Crippen molar-refractivity contribution >= 4 is 40.4 Å². The third kappa shape index (κ3) is 4.59. The number of carbonyl (C=O) groups excluding carboxylic acids is 2. The van der Waals surface area contributed by atoms with Gasteiger partial charge in [-0.1, -0.05) is 12.1 Å². The van der Waals surface area contributed by atoms with Crippen LogP contribution in [0.15, 0.2) is 54.0 Å². The van der Waals surface area contributed by atoms with Crippen molar-refractivity contribution < 1.29 is 28.9 Å². The second kappa shape index (κ2) is 9.31. The van der Waals surface area contributed by atoms with Crippen LogP contribution in [0.1, 0.15) is 5.56 Å². The number of ether oxygens (including phenoxy) is 2. The zero-order chi connectivity index (χ0) is 23.4. The number of benzene rings is 2. The fourth-order valence-electron chi connectivity index (χ4n) is 2.76. The van der Waals surface area contributed by atoms with Crippen LogP contribution < -0.4 is 9.47 Å². The largest absolute Gasteiger partial charge is 0.493 e. The Hall–Kier alpha value is -4.19. The van der Waals surface area contributed by atoms with E-state index in [1.807, 2.05) is 0 Å². The Morgan fingerprint density at radius 1 is 1.06 bits per heavy atom. The van der Waals surface area contributed by atoms with Gasteiger partial charge in [0.15, 0.2) is 11.5 Å². The second-order valence-electron chi connectivity index (χ2n) is 6.26. The first-order valence-electron chi connectivity index (χ1n) is 8.90. The lowest BCUT2D eigenvalue weighted by Crippen LogP contribution is -2.27. The van der Waals surface area contributed by atoms with Crippen LogP contribution in [-0.2, 0) is 4.79 Å². The molecule has 2 aromatic rings. The Morgan fingerprint density at radius 3 is 2.41 bits per heavy atom. The molecule has 1 saturated heterocycles. The number of hydrogen-bond donors (Lipinski definition) is 0. The standard InChI is InChI=1S/C20H15N3O8S/c1-3-8-21-19(24)18(32-20(21)25)10-12-4-6-16(17(9-12)30-2)31-15-7-5-13(22(26)27)11-14(15)23(28)29/h3-7,9-11H,1,8H2,2H3/b18-10+. The molecule has 0 saturated carbocycles. The first-order valence-corrected chi connectivity index (χ1v) is 9.71. The molecule has 1 aliphatic rings. The molecule has 3 rings (SSSR count). The van der Waals surface area contributed by atoms with Gasteiger partial charge in [0.05, 0.1) is 27.9 Å². The molecule has 0 bridgehead atoms. The molecule has 0 N–H and O–H groups in total. The van der Waals surface area contributed by atoms with E-state index >= 15 is 0 Å². The molecule has 164 valence electrons. The molecule has 12 heteroatoms. The summed E-state index contributed by atoms with van der Waals surface area (Å²) in [6, 6.07) is 7.56. The van der Waals surface area contributed by atoms with Gasteiger partial charge in [-0.15, -0.1) is 6.58 Å². The summed E-state index contributed by atoms with van der Waals surface area (Å²) < 4.78 is 10.9. The number of methoxy groups -OCH3 is 1. The monoisotopic (exact) mass is 457 g/mol. The van der Waals surface area contributed by atoms with Gasteiger partial charge in [-0.2, -0.15) is 0 Å². The summed E-state index contributed by atoms with van der Waals surface area (Å²) in [5.74, 6) is -0.351. The number of carbonyl (C=O) groups is 2. The third-order valence-electron chi connectivity index (χ3n) is 4.24. The number of imide groups is 1. The van der Waals surface area contributed by atoms with Crippen molar-refractivity contribution in [1.29, 1.82) is 0 Å². The van der Waals surface area contributed by atoms with E-state index in [2.05, 4.69) is 6.58 Å². The molecule has 32 heavy (non-hydrogen) atoms. The molecular weight excluding hydrogens is 442 g/mol. The molecule has 0 unspecified atom stereocenters. The van der Waals surface area contributed by atoms with Crippen LogP contribution in [0.3, 0.4) is 0 Å². The highest BCUT2D eigenvalue weighted by molar-refractivity contribution is 8.18. The molecule has 0 radical (unpaired) electrons. The minimum absolute atomic E-state index is 0.103. The summed E-state index contributed by atoms with van der Waals surface area (Å²) in [5.41, 5.74) is -0.505. The lowest BCUT2D eigenvalue weighted by Gasteiger charge is -2.11. The number of rotatable bonds is 8. The minimum Gasteiger partial charge on any atom is -0.493 e. The highest BCUT2D eigenvalue weighted by Crippen LogP contribution is 2.39. The maximum absolute atomic E-state index is 12.4. The van der Waals surface area contributed by atoms with Crippen LogP contribution in [0, 0.1) is 20.2 Å². The van der Waals surface area contributed by atoms with Crippen LogP contribution >= 0.6 is 11.8 Å². The van der Waals surface area contributed by atoms with Crippen molar-refractivity contribution in [3.05, 3.63) is 79.8 Å². The lowest BCUT2D eigenvalue weighted by atomic mass is 10.1. The Morgan fingerprint density at radius 2 is 1.78 bits per heavy atom. The van der Waals surface area contributed by atoms with Crippen molar-refractivity contribution in [3.63, 3.8) is 0 Å². The Balaban J connectivity index is 1.91. The summed E-state index contributed by atoms with van der Waals surface area (Å²) in [7, 11) is 1.36. The van der Waals surface area contributed by atoms with E-state index in [4.69, 9.17) is 9.47 Å². The molecule has 2 amide bonds. The third-order valence-corrected chi connectivity index (χ3v) is 5.15. The highest BCUT2D eigenvalue weighted by atomic mass is 32.2. The Bertz CT molecular complexity index is 1180. The van der Waals surface area contributed by atoms with E-state index in [0.717, 1.165) is 34.9 Å². The molecule has 1 fully saturated rings. The summed E-state index contributed by atoms with van der Waals surface area (Å²) in [4.78, 5) is 46.2. The van der Waals surface area contributed by atoms with Gasteiger partial charge in [0.2, 0.25) is 5.75 Å². The van der Waals surface area contributed by atoms with Gasteiger partial charge in [-0.05, 0) is 41.6 Å². The molecule has 0 aliphatic carbocycles. The van der Waals surface area contributed by atoms with Crippen LogP contribution in [0.2, 0.25) is 0 Å². The van der Waals surface area contributed by atoms with Crippen LogP contribution in [0.4, 0.5) is 16.2 Å². The SMILES string of the molecule is C=CCN1C(=O)S/C(=C/c2ccc(Oc3ccc([N+](=O)[O-])cc3[N+](=O)[O-])c(OC)c2)C1=O. The lowest BCUT2D eigenvalue weighted by molar-refractivity contribution is -0.394. The molecule has 0 atom stereocenters. The van der Waals surface area contributed by atoms with Gasteiger partial charge < -0.3 is 9.47 Å². The van der Waals surface area contributed by atoms with Gasteiger partial charge in [0.25, 0.3) is 16.8 Å². The first kappa shape index (κ1) is 22.5. The molecule has 0 aromatic heterocycles. The molecule has 11 nitrogen and oxygen atoms in total. The Kier molecular flexibility index (Phi) is 6.54. The maximum Gasteiger partial charge on any atom is 0.318 e. The van der Waals surface area contributed by atoms with Gasteiger partial charge in [0, 0.05) is 12.6 Å². The van der Waals surface area contributed by atoms with Crippen LogP contribution in [0.25, 0.3) is 6.08 Å². The van der Waals surface area contributed by atoms with E-state index in [1.165, 1.54) is 31.4 Å². The summed E-state index contributed by atoms with van der Waals surface area (Å²) in [6.07, 6.45) is 2.96. The number of nitro groups is 2. The predicted octanol–water partition coefficient (Wildman–Crippen LogP) is 4.53. The number of hydrogen-bond acceptors (Lipinski definition) is 9. The summed E-state index contributed by atoms with van der Waals surface area (Å²) in [6.45, 7) is 3.62. The van der Waals surface area contributed by atoms with Gasteiger partial charge in [-0.25, -0.2) is 0 Å². The smallest absolute Gasteiger partial charge is 0.318 e. The van der Waals surface area contributed by atoms with Crippen molar-refractivity contribution in [1.82, 2.24) is 4.90 Å². The number of amides is 2.